The maximum Gasteiger partial charge on any atom is 0.164 e. The van der Waals surface area contributed by atoms with Crippen LogP contribution in [0.15, 0.2) is 164 Å². The molecule has 0 radical (unpaired) electrons. The fourth-order valence-corrected chi connectivity index (χ4v) is 7.80. The second-order valence-electron chi connectivity index (χ2n) is 15.0. The summed E-state index contributed by atoms with van der Waals surface area (Å²) in [6.45, 7) is 9.52. The third kappa shape index (κ3) is 5.32. The predicted octanol–water partition coefficient (Wildman–Crippen LogP) is 12.6. The van der Waals surface area contributed by atoms with Crippen LogP contribution < -0.4 is 0 Å². The number of benzene rings is 7. The minimum absolute atomic E-state index is 0.0286. The Bertz CT molecular complexity index is 2620. The zero-order valence-corrected chi connectivity index (χ0v) is 29.9. The van der Waals surface area contributed by atoms with Gasteiger partial charge in [-0.15, -0.1) is 0 Å². The fraction of sp³-hybridized carbons (Fsp3) is 0.122. The molecule has 0 saturated carbocycles. The van der Waals surface area contributed by atoms with Crippen molar-refractivity contribution in [1.29, 1.82) is 0 Å². The number of aromatic nitrogens is 3. The van der Waals surface area contributed by atoms with Gasteiger partial charge in [-0.2, -0.15) is 0 Å². The van der Waals surface area contributed by atoms with Gasteiger partial charge in [0, 0.05) is 16.7 Å². The maximum atomic E-state index is 5.12. The van der Waals surface area contributed by atoms with Gasteiger partial charge in [-0.1, -0.05) is 167 Å². The highest BCUT2D eigenvalue weighted by Crippen LogP contribution is 2.54. The van der Waals surface area contributed by atoms with Crippen molar-refractivity contribution >= 4 is 10.8 Å². The highest BCUT2D eigenvalue weighted by atomic mass is 15.0. The molecule has 0 spiro atoms. The van der Waals surface area contributed by atoms with Crippen molar-refractivity contribution in [2.75, 3.05) is 0 Å². The second kappa shape index (κ2) is 12.2. The Morgan fingerprint density at radius 1 is 0.308 bits per heavy atom. The molecule has 3 nitrogen and oxygen atoms in total. The summed E-state index contributed by atoms with van der Waals surface area (Å²) < 4.78 is 0. The summed E-state index contributed by atoms with van der Waals surface area (Å²) in [5.41, 5.74) is 12.9. The minimum atomic E-state index is -0.0685. The number of nitrogens with zero attached hydrogens (tertiary/aromatic N) is 3. The quantitative estimate of drug-likeness (QED) is 0.183. The Morgan fingerprint density at radius 2 is 0.750 bits per heavy atom. The van der Waals surface area contributed by atoms with Crippen LogP contribution in [0, 0.1) is 0 Å². The molecule has 1 aliphatic carbocycles. The molecule has 9 rings (SSSR count). The summed E-state index contributed by atoms with van der Waals surface area (Å²) >= 11 is 0. The third-order valence-corrected chi connectivity index (χ3v) is 11.5. The van der Waals surface area contributed by atoms with Crippen molar-refractivity contribution in [3.05, 3.63) is 175 Å². The normalized spacial score (nSPS) is 14.1. The molecule has 0 aliphatic heterocycles. The zero-order chi connectivity index (χ0) is 35.5. The standard InChI is InChI=1S/C49H39N3/c1-48(2)43-21-12-11-20-41(43)42-27-26-38(31-44(42)49(48,3)4)34-18-13-19-39(29-34)46-50-45(33-16-9-6-10-17-33)51-47(52-46)40-25-24-36-28-35(22-23-37(36)30-40)32-14-7-5-8-15-32/h5-31H,1-4H3. The predicted molar refractivity (Wildman–Crippen MR) is 216 cm³/mol. The summed E-state index contributed by atoms with van der Waals surface area (Å²) in [6.07, 6.45) is 0. The molecular weight excluding hydrogens is 631 g/mol. The van der Waals surface area contributed by atoms with Crippen LogP contribution in [0.1, 0.15) is 38.8 Å². The minimum Gasteiger partial charge on any atom is -0.208 e. The lowest BCUT2D eigenvalue weighted by Gasteiger charge is -2.48. The first kappa shape index (κ1) is 31.8. The highest BCUT2D eigenvalue weighted by molar-refractivity contribution is 5.90. The SMILES string of the molecule is CC1(C)c2ccccc2-c2ccc(-c3cccc(-c4nc(-c5ccccc5)nc(-c5ccc6cc(-c7ccccc7)ccc6c5)n4)c3)cc2C1(C)C. The molecule has 0 saturated heterocycles. The average molecular weight is 670 g/mol. The number of fused-ring (bicyclic) bond motifs is 4. The van der Waals surface area contributed by atoms with E-state index in [9.17, 15) is 0 Å². The molecule has 3 heteroatoms. The largest absolute Gasteiger partial charge is 0.208 e. The number of hydrogen-bond acceptors (Lipinski definition) is 3. The van der Waals surface area contributed by atoms with E-state index in [1.807, 2.05) is 24.3 Å². The first-order valence-corrected chi connectivity index (χ1v) is 18.0. The third-order valence-electron chi connectivity index (χ3n) is 11.5. The molecule has 0 unspecified atom stereocenters. The van der Waals surface area contributed by atoms with Crippen molar-refractivity contribution in [3.63, 3.8) is 0 Å². The van der Waals surface area contributed by atoms with E-state index >= 15 is 0 Å². The van der Waals surface area contributed by atoms with Gasteiger partial charge in [-0.25, -0.2) is 15.0 Å². The Hall–Kier alpha value is -6.19. The molecular formula is C49H39N3. The first-order valence-electron chi connectivity index (χ1n) is 18.0. The van der Waals surface area contributed by atoms with E-state index < -0.39 is 0 Å². The zero-order valence-electron chi connectivity index (χ0n) is 29.9. The van der Waals surface area contributed by atoms with Gasteiger partial charge in [0.05, 0.1) is 0 Å². The Morgan fingerprint density at radius 3 is 1.46 bits per heavy atom. The van der Waals surface area contributed by atoms with Crippen molar-refractivity contribution in [3.8, 4) is 67.5 Å². The van der Waals surface area contributed by atoms with Gasteiger partial charge in [0.15, 0.2) is 17.5 Å². The summed E-state index contributed by atoms with van der Waals surface area (Å²) in [7, 11) is 0. The van der Waals surface area contributed by atoms with Crippen LogP contribution in [-0.4, -0.2) is 15.0 Å². The van der Waals surface area contributed by atoms with Crippen molar-refractivity contribution in [2.24, 2.45) is 0 Å². The van der Waals surface area contributed by atoms with E-state index in [-0.39, 0.29) is 10.8 Å². The Kier molecular flexibility index (Phi) is 7.48. The van der Waals surface area contributed by atoms with E-state index in [4.69, 9.17) is 15.0 Å². The van der Waals surface area contributed by atoms with E-state index in [1.54, 1.807) is 0 Å². The monoisotopic (exact) mass is 669 g/mol. The molecule has 7 aromatic carbocycles. The van der Waals surface area contributed by atoms with Gasteiger partial charge >= 0.3 is 0 Å². The second-order valence-corrected chi connectivity index (χ2v) is 15.0. The lowest BCUT2D eigenvalue weighted by Crippen LogP contribution is -2.43. The topological polar surface area (TPSA) is 38.7 Å². The van der Waals surface area contributed by atoms with Gasteiger partial charge in [0.1, 0.15) is 0 Å². The van der Waals surface area contributed by atoms with E-state index in [0.717, 1.165) is 27.6 Å². The average Bonchev–Trinajstić information content (AvgIpc) is 3.20. The molecule has 8 aromatic rings. The summed E-state index contributed by atoms with van der Waals surface area (Å²) in [6, 6.07) is 58.2. The number of hydrogen-bond donors (Lipinski definition) is 0. The van der Waals surface area contributed by atoms with Gasteiger partial charge in [0.2, 0.25) is 0 Å². The molecule has 1 aliphatic rings. The van der Waals surface area contributed by atoms with E-state index in [2.05, 4.69) is 167 Å². The van der Waals surface area contributed by atoms with E-state index in [1.165, 1.54) is 44.3 Å². The van der Waals surface area contributed by atoms with Crippen LogP contribution in [-0.2, 0) is 10.8 Å². The maximum absolute atomic E-state index is 5.12. The van der Waals surface area contributed by atoms with Crippen molar-refractivity contribution in [1.82, 2.24) is 15.0 Å². The van der Waals surface area contributed by atoms with Crippen LogP contribution in [0.2, 0.25) is 0 Å². The molecule has 0 N–H and O–H groups in total. The number of rotatable bonds is 5. The Labute approximate surface area is 305 Å². The fourth-order valence-electron chi connectivity index (χ4n) is 7.80. The van der Waals surface area contributed by atoms with Gasteiger partial charge in [0.25, 0.3) is 0 Å². The lowest BCUT2D eigenvalue weighted by molar-refractivity contribution is 0.299. The van der Waals surface area contributed by atoms with Crippen LogP contribution in [0.4, 0.5) is 0 Å². The molecule has 0 bridgehead atoms. The molecule has 0 amide bonds. The summed E-state index contributed by atoms with van der Waals surface area (Å²) in [4.78, 5) is 15.2. The van der Waals surface area contributed by atoms with Gasteiger partial charge < -0.3 is 0 Å². The molecule has 0 fully saturated rings. The summed E-state index contributed by atoms with van der Waals surface area (Å²) in [5, 5.41) is 2.32. The van der Waals surface area contributed by atoms with Gasteiger partial charge in [-0.3, -0.25) is 0 Å². The molecule has 1 aromatic heterocycles. The van der Waals surface area contributed by atoms with Gasteiger partial charge in [-0.05, 0) is 90.4 Å². The van der Waals surface area contributed by atoms with E-state index in [0.29, 0.717) is 17.5 Å². The summed E-state index contributed by atoms with van der Waals surface area (Å²) in [5.74, 6) is 1.96. The van der Waals surface area contributed by atoms with Crippen LogP contribution in [0.5, 0.6) is 0 Å². The molecule has 0 atom stereocenters. The lowest BCUT2D eigenvalue weighted by atomic mass is 9.55. The highest BCUT2D eigenvalue weighted by Gasteiger charge is 2.45. The smallest absolute Gasteiger partial charge is 0.164 e. The first-order chi connectivity index (χ1) is 25.3. The van der Waals surface area contributed by atoms with Crippen LogP contribution in [0.3, 0.4) is 0 Å². The molecule has 52 heavy (non-hydrogen) atoms. The van der Waals surface area contributed by atoms with Crippen molar-refractivity contribution in [2.45, 2.75) is 38.5 Å². The molecule has 1 heterocycles. The van der Waals surface area contributed by atoms with Crippen LogP contribution >= 0.6 is 0 Å². The van der Waals surface area contributed by atoms with Crippen LogP contribution in [0.25, 0.3) is 78.3 Å². The Balaban J connectivity index is 1.14. The van der Waals surface area contributed by atoms with Crippen molar-refractivity contribution < 1.29 is 0 Å². The molecule has 250 valence electrons.